The second-order valence-corrected chi connectivity index (χ2v) is 9.70. The molecule has 3 aromatic heterocycles. The van der Waals surface area contributed by atoms with Gasteiger partial charge in [0.1, 0.15) is 5.82 Å². The predicted molar refractivity (Wildman–Crippen MR) is 118 cm³/mol. The highest BCUT2D eigenvalue weighted by Gasteiger charge is 2.47. The van der Waals surface area contributed by atoms with Gasteiger partial charge in [0.2, 0.25) is 5.95 Å². The summed E-state index contributed by atoms with van der Waals surface area (Å²) in [7, 11) is 0. The smallest absolute Gasteiger partial charge is 0.384 e. The molecule has 8 nitrogen and oxygen atoms in total. The van der Waals surface area contributed by atoms with Crippen molar-refractivity contribution >= 4 is 29.2 Å². The minimum atomic E-state index is -4.62. The van der Waals surface area contributed by atoms with Crippen LogP contribution in [-0.2, 0) is 10.9 Å². The maximum Gasteiger partial charge on any atom is 0.434 e. The van der Waals surface area contributed by atoms with E-state index in [0.29, 0.717) is 23.1 Å². The molecule has 0 radical (unpaired) electrons. The van der Waals surface area contributed by atoms with Crippen LogP contribution in [0.15, 0.2) is 40.5 Å². The van der Waals surface area contributed by atoms with Crippen LogP contribution in [0.1, 0.15) is 25.5 Å². The summed E-state index contributed by atoms with van der Waals surface area (Å²) in [5, 5.41) is 0. The highest BCUT2D eigenvalue weighted by molar-refractivity contribution is 7.99. The van der Waals surface area contributed by atoms with Gasteiger partial charge in [0.25, 0.3) is 0 Å². The number of fused-ring (bicyclic) bond motifs is 1. The number of pyridine rings is 1. The third-order valence-electron chi connectivity index (χ3n) is 6.63. The highest BCUT2D eigenvalue weighted by atomic mass is 32.2. The lowest BCUT2D eigenvalue weighted by atomic mass is 9.73. The quantitative estimate of drug-likeness (QED) is 0.590. The van der Waals surface area contributed by atoms with Gasteiger partial charge in [-0.25, -0.2) is 15.0 Å². The van der Waals surface area contributed by atoms with Gasteiger partial charge in [-0.05, 0) is 31.9 Å². The fourth-order valence-electron chi connectivity index (χ4n) is 4.68. The van der Waals surface area contributed by atoms with Gasteiger partial charge in [-0.1, -0.05) is 11.8 Å². The minimum Gasteiger partial charge on any atom is -0.384 e. The van der Waals surface area contributed by atoms with E-state index >= 15 is 0 Å². The van der Waals surface area contributed by atoms with Crippen molar-refractivity contribution in [3.63, 3.8) is 0 Å². The molecule has 3 aromatic rings. The largest absolute Gasteiger partial charge is 0.434 e. The zero-order valence-corrected chi connectivity index (χ0v) is 18.7. The molecule has 5 rings (SSSR count). The summed E-state index contributed by atoms with van der Waals surface area (Å²) in [5.41, 5.74) is 11.4. The summed E-state index contributed by atoms with van der Waals surface area (Å²) >= 11 is 0.920. The number of alkyl halides is 3. The molecule has 0 aromatic carbocycles. The first kappa shape index (κ1) is 22.2. The molecule has 0 amide bonds. The number of nitrogen functional groups attached to an aromatic ring is 1. The topological polar surface area (TPSA) is 108 Å². The summed E-state index contributed by atoms with van der Waals surface area (Å²) in [6, 6.07) is 2.68. The van der Waals surface area contributed by atoms with Crippen molar-refractivity contribution < 1.29 is 17.9 Å². The average Bonchev–Trinajstić information content (AvgIpc) is 3.37. The molecule has 2 atom stereocenters. The fourth-order valence-corrected chi connectivity index (χ4v) is 5.66. The van der Waals surface area contributed by atoms with Gasteiger partial charge in [0.15, 0.2) is 11.3 Å². The zero-order chi connectivity index (χ0) is 23.4. The normalized spacial score (nSPS) is 23.0. The van der Waals surface area contributed by atoms with E-state index in [0.717, 1.165) is 37.7 Å². The van der Waals surface area contributed by atoms with Crippen LogP contribution in [0.3, 0.4) is 0 Å². The molecular formula is C21H24F3N7OS. The van der Waals surface area contributed by atoms with Crippen LogP contribution in [0, 0.1) is 5.41 Å². The Morgan fingerprint density at radius 1 is 1.18 bits per heavy atom. The summed E-state index contributed by atoms with van der Waals surface area (Å²) < 4.78 is 48.0. The number of aromatic nitrogens is 4. The number of rotatable bonds is 3. The molecule has 5 heterocycles. The molecule has 2 aliphatic heterocycles. The van der Waals surface area contributed by atoms with Crippen molar-refractivity contribution in [1.29, 1.82) is 0 Å². The molecule has 12 heteroatoms. The molecule has 2 fully saturated rings. The Kier molecular flexibility index (Phi) is 5.41. The van der Waals surface area contributed by atoms with Crippen molar-refractivity contribution in [3.8, 4) is 0 Å². The van der Waals surface area contributed by atoms with Crippen LogP contribution < -0.4 is 16.4 Å². The Morgan fingerprint density at radius 2 is 1.94 bits per heavy atom. The first-order valence-corrected chi connectivity index (χ1v) is 11.5. The molecule has 0 aliphatic carbocycles. The van der Waals surface area contributed by atoms with Crippen LogP contribution >= 0.6 is 11.8 Å². The molecule has 2 aliphatic rings. The number of nitrogens with zero attached hydrogens (tertiary/aromatic N) is 5. The number of imidazole rings is 1. The standard InChI is InChI=1S/C21H24F3N7OS/c1-12-16(26)20(11-32-12)4-7-30(8-5-20)19-28-10-14(18-27-6-9-31(18)19)33-13-2-3-15(25)29-17(13)21(22,23)24/h2-3,6,9-10,12,16H,4-5,7-8,11,26H2,1H3,(H2,25,29)/t12-,16+/m0/s1. The Labute approximate surface area is 192 Å². The van der Waals surface area contributed by atoms with Crippen LogP contribution in [0.2, 0.25) is 0 Å². The maximum absolute atomic E-state index is 13.5. The SMILES string of the molecule is C[C@@H]1OCC2(CCN(c3ncc(Sc4ccc(N)nc4C(F)(F)F)c4nccn34)CC2)[C@@H]1N. The van der Waals surface area contributed by atoms with E-state index in [-0.39, 0.29) is 28.3 Å². The monoisotopic (exact) mass is 479 g/mol. The van der Waals surface area contributed by atoms with E-state index in [2.05, 4.69) is 19.9 Å². The average molecular weight is 480 g/mol. The number of hydrogen-bond acceptors (Lipinski definition) is 8. The fraction of sp³-hybridized carbons (Fsp3) is 0.476. The van der Waals surface area contributed by atoms with E-state index in [1.165, 1.54) is 12.1 Å². The molecule has 33 heavy (non-hydrogen) atoms. The third kappa shape index (κ3) is 3.89. The van der Waals surface area contributed by atoms with E-state index in [9.17, 15) is 13.2 Å². The molecule has 0 unspecified atom stereocenters. The van der Waals surface area contributed by atoms with Gasteiger partial charge < -0.3 is 21.1 Å². The summed E-state index contributed by atoms with van der Waals surface area (Å²) in [4.78, 5) is 15.1. The van der Waals surface area contributed by atoms with Crippen LogP contribution in [0.5, 0.6) is 0 Å². The number of halogens is 3. The van der Waals surface area contributed by atoms with E-state index in [1.54, 1.807) is 18.6 Å². The molecule has 2 saturated heterocycles. The highest BCUT2D eigenvalue weighted by Crippen LogP contribution is 2.43. The Morgan fingerprint density at radius 3 is 2.61 bits per heavy atom. The molecule has 4 N–H and O–H groups in total. The number of anilines is 2. The number of piperidine rings is 1. The third-order valence-corrected chi connectivity index (χ3v) is 7.69. The van der Waals surface area contributed by atoms with Crippen molar-refractivity contribution in [2.45, 2.75) is 47.9 Å². The second-order valence-electron chi connectivity index (χ2n) is 8.62. The Balaban J connectivity index is 1.42. The summed E-state index contributed by atoms with van der Waals surface area (Å²) in [6.45, 7) is 4.21. The molecular weight excluding hydrogens is 455 g/mol. The van der Waals surface area contributed by atoms with Gasteiger partial charge in [0.05, 0.1) is 17.6 Å². The minimum absolute atomic E-state index is 0.0102. The van der Waals surface area contributed by atoms with Crippen LogP contribution in [0.4, 0.5) is 24.9 Å². The van der Waals surface area contributed by atoms with Gasteiger partial charge in [-0.3, -0.25) is 4.40 Å². The summed E-state index contributed by atoms with van der Waals surface area (Å²) in [6.07, 6.45) is 2.15. The molecule has 1 spiro atoms. The van der Waals surface area contributed by atoms with Gasteiger partial charge in [-0.2, -0.15) is 13.2 Å². The Bertz CT molecular complexity index is 1180. The van der Waals surface area contributed by atoms with Gasteiger partial charge >= 0.3 is 6.18 Å². The lowest BCUT2D eigenvalue weighted by Gasteiger charge is -2.41. The van der Waals surface area contributed by atoms with Crippen LogP contribution in [-0.4, -0.2) is 51.2 Å². The first-order chi connectivity index (χ1) is 15.7. The molecule has 176 valence electrons. The number of nitrogens with two attached hydrogens (primary N) is 2. The number of hydrogen-bond donors (Lipinski definition) is 2. The summed E-state index contributed by atoms with van der Waals surface area (Å²) in [5.74, 6) is 0.518. The van der Waals surface area contributed by atoms with Crippen molar-refractivity contribution in [2.24, 2.45) is 11.1 Å². The van der Waals surface area contributed by atoms with E-state index < -0.39 is 11.9 Å². The number of ether oxygens (including phenoxy) is 1. The molecule has 0 bridgehead atoms. The lowest BCUT2D eigenvalue weighted by molar-refractivity contribution is -0.143. The maximum atomic E-state index is 13.5. The molecule has 0 saturated carbocycles. The van der Waals surface area contributed by atoms with Crippen molar-refractivity contribution in [1.82, 2.24) is 19.4 Å². The van der Waals surface area contributed by atoms with Gasteiger partial charge in [0, 0.05) is 48.0 Å². The van der Waals surface area contributed by atoms with Crippen LogP contribution in [0.25, 0.3) is 5.65 Å². The van der Waals surface area contributed by atoms with Crippen molar-refractivity contribution in [2.75, 3.05) is 30.3 Å². The lowest BCUT2D eigenvalue weighted by Crippen LogP contribution is -2.51. The first-order valence-electron chi connectivity index (χ1n) is 10.6. The zero-order valence-electron chi connectivity index (χ0n) is 17.9. The Hall–Kier alpha value is -2.57. The second kappa shape index (κ2) is 8.03. The van der Waals surface area contributed by atoms with E-state index in [4.69, 9.17) is 16.2 Å². The van der Waals surface area contributed by atoms with Gasteiger partial charge in [-0.15, -0.1) is 0 Å². The van der Waals surface area contributed by atoms with Crippen molar-refractivity contribution in [3.05, 3.63) is 36.4 Å². The predicted octanol–water partition coefficient (Wildman–Crippen LogP) is 3.21. The van der Waals surface area contributed by atoms with E-state index in [1.807, 2.05) is 11.3 Å².